The quantitative estimate of drug-likeness (QED) is 0.620. The zero-order chi connectivity index (χ0) is 14.1. The number of rotatable bonds is 2. The van der Waals surface area contributed by atoms with Gasteiger partial charge in [0.2, 0.25) is 0 Å². The zero-order valence-corrected chi connectivity index (χ0v) is 11.5. The number of nitrogens with zero attached hydrogens (tertiary/aromatic N) is 3. The third-order valence-electron chi connectivity index (χ3n) is 3.84. The van der Waals surface area contributed by atoms with Crippen LogP contribution in [0.4, 0.5) is 11.4 Å². The maximum Gasteiger partial charge on any atom is 0.301 e. The van der Waals surface area contributed by atoms with Crippen LogP contribution < -0.4 is 4.90 Å². The number of fused-ring (bicyclic) bond motifs is 1. The topological polar surface area (TPSA) is 59.3 Å². The number of benzene rings is 1. The van der Waals surface area contributed by atoms with Gasteiger partial charge in [-0.1, -0.05) is 0 Å². The predicted molar refractivity (Wildman–Crippen MR) is 79.2 cm³/mol. The summed E-state index contributed by atoms with van der Waals surface area (Å²) in [6.45, 7) is 3.68. The van der Waals surface area contributed by atoms with Gasteiger partial charge < -0.3 is 4.90 Å². The molecule has 0 radical (unpaired) electrons. The van der Waals surface area contributed by atoms with Crippen molar-refractivity contribution in [1.82, 2.24) is 4.98 Å². The SMILES string of the molecule is Cc1ccc2c([N+](=O)[O-])c(N3CCCCC3)ccc2n1. The average molecular weight is 271 g/mol. The number of hydrogen-bond donors (Lipinski definition) is 0. The molecule has 0 aliphatic carbocycles. The summed E-state index contributed by atoms with van der Waals surface area (Å²) in [6, 6.07) is 7.37. The lowest BCUT2D eigenvalue weighted by Gasteiger charge is -2.28. The van der Waals surface area contributed by atoms with Crippen molar-refractivity contribution >= 4 is 22.3 Å². The summed E-state index contributed by atoms with van der Waals surface area (Å²) in [5.41, 5.74) is 2.49. The zero-order valence-electron chi connectivity index (χ0n) is 11.5. The molecule has 1 aromatic carbocycles. The third kappa shape index (κ3) is 2.19. The third-order valence-corrected chi connectivity index (χ3v) is 3.84. The summed E-state index contributed by atoms with van der Waals surface area (Å²) < 4.78 is 0. The van der Waals surface area contributed by atoms with Crippen LogP contribution >= 0.6 is 0 Å². The predicted octanol–water partition coefficient (Wildman–Crippen LogP) is 3.44. The Morgan fingerprint density at radius 2 is 1.90 bits per heavy atom. The molecule has 0 atom stereocenters. The van der Waals surface area contributed by atoms with Crippen molar-refractivity contribution in [3.8, 4) is 0 Å². The number of nitro groups is 1. The minimum Gasteiger partial charge on any atom is -0.366 e. The first-order valence-corrected chi connectivity index (χ1v) is 6.96. The Kier molecular flexibility index (Phi) is 3.26. The van der Waals surface area contributed by atoms with Gasteiger partial charge in [-0.3, -0.25) is 15.1 Å². The van der Waals surface area contributed by atoms with E-state index in [9.17, 15) is 10.1 Å². The molecular formula is C15H17N3O2. The number of piperidine rings is 1. The van der Waals surface area contributed by atoms with Crippen LogP contribution in [0, 0.1) is 17.0 Å². The molecule has 2 aromatic rings. The molecule has 1 fully saturated rings. The molecule has 2 heterocycles. The highest BCUT2D eigenvalue weighted by Crippen LogP contribution is 2.36. The van der Waals surface area contributed by atoms with Crippen molar-refractivity contribution in [1.29, 1.82) is 0 Å². The van der Waals surface area contributed by atoms with E-state index in [0.717, 1.165) is 37.3 Å². The van der Waals surface area contributed by atoms with E-state index in [1.807, 2.05) is 31.2 Å². The second kappa shape index (κ2) is 5.07. The van der Waals surface area contributed by atoms with Crippen molar-refractivity contribution < 1.29 is 4.92 Å². The van der Waals surface area contributed by atoms with Crippen LogP contribution in [0.1, 0.15) is 25.0 Å². The minimum atomic E-state index is -0.275. The van der Waals surface area contributed by atoms with Gasteiger partial charge in [0.05, 0.1) is 15.8 Å². The van der Waals surface area contributed by atoms with Gasteiger partial charge in [0.15, 0.2) is 0 Å². The van der Waals surface area contributed by atoms with E-state index in [2.05, 4.69) is 9.88 Å². The molecule has 1 saturated heterocycles. The van der Waals surface area contributed by atoms with Crippen LogP contribution in [-0.2, 0) is 0 Å². The van der Waals surface area contributed by atoms with Gasteiger partial charge in [0.25, 0.3) is 0 Å². The number of nitro benzene ring substituents is 1. The first-order valence-electron chi connectivity index (χ1n) is 6.96. The van der Waals surface area contributed by atoms with Gasteiger partial charge in [-0.25, -0.2) is 0 Å². The highest BCUT2D eigenvalue weighted by molar-refractivity contribution is 5.94. The molecule has 0 unspecified atom stereocenters. The van der Waals surface area contributed by atoms with Crippen LogP contribution in [0.25, 0.3) is 10.9 Å². The second-order valence-corrected chi connectivity index (χ2v) is 5.26. The summed E-state index contributed by atoms with van der Waals surface area (Å²) >= 11 is 0. The van der Waals surface area contributed by atoms with Gasteiger partial charge >= 0.3 is 5.69 Å². The van der Waals surface area contributed by atoms with Crippen molar-refractivity contribution in [2.45, 2.75) is 26.2 Å². The lowest BCUT2D eigenvalue weighted by molar-refractivity contribution is -0.382. The fourth-order valence-electron chi connectivity index (χ4n) is 2.86. The first-order chi connectivity index (χ1) is 9.66. The Hall–Kier alpha value is -2.17. The Morgan fingerprint density at radius 1 is 1.15 bits per heavy atom. The molecule has 0 N–H and O–H groups in total. The van der Waals surface area contributed by atoms with Crippen LogP contribution in [0.5, 0.6) is 0 Å². The highest BCUT2D eigenvalue weighted by Gasteiger charge is 2.24. The number of anilines is 1. The van der Waals surface area contributed by atoms with Crippen molar-refractivity contribution in [2.75, 3.05) is 18.0 Å². The van der Waals surface area contributed by atoms with E-state index in [-0.39, 0.29) is 10.6 Å². The molecule has 5 heteroatoms. The Morgan fingerprint density at radius 3 is 2.60 bits per heavy atom. The van der Waals surface area contributed by atoms with E-state index in [1.165, 1.54) is 6.42 Å². The molecule has 3 rings (SSSR count). The first kappa shape index (κ1) is 12.8. The van der Waals surface area contributed by atoms with Crippen LogP contribution in [-0.4, -0.2) is 23.0 Å². The second-order valence-electron chi connectivity index (χ2n) is 5.26. The molecule has 0 spiro atoms. The highest BCUT2D eigenvalue weighted by atomic mass is 16.6. The van der Waals surface area contributed by atoms with Crippen LogP contribution in [0.2, 0.25) is 0 Å². The molecule has 1 aromatic heterocycles. The lowest BCUT2D eigenvalue weighted by Crippen LogP contribution is -2.29. The summed E-state index contributed by atoms with van der Waals surface area (Å²) in [7, 11) is 0. The molecular weight excluding hydrogens is 254 g/mol. The van der Waals surface area contributed by atoms with Gasteiger partial charge in [-0.05, 0) is 50.5 Å². The number of pyridine rings is 1. The smallest absolute Gasteiger partial charge is 0.301 e. The number of aromatic nitrogens is 1. The molecule has 1 aliphatic rings. The molecule has 20 heavy (non-hydrogen) atoms. The van der Waals surface area contributed by atoms with Crippen molar-refractivity contribution in [3.05, 3.63) is 40.1 Å². The van der Waals surface area contributed by atoms with Crippen molar-refractivity contribution in [2.24, 2.45) is 0 Å². The maximum absolute atomic E-state index is 11.5. The summed E-state index contributed by atoms with van der Waals surface area (Å²) in [5.74, 6) is 0. The normalized spacial score (nSPS) is 15.6. The largest absolute Gasteiger partial charge is 0.366 e. The lowest BCUT2D eigenvalue weighted by atomic mass is 10.1. The fraction of sp³-hybridized carbons (Fsp3) is 0.400. The maximum atomic E-state index is 11.5. The Bertz CT molecular complexity index is 663. The van der Waals surface area contributed by atoms with E-state index in [4.69, 9.17) is 0 Å². The molecule has 0 saturated carbocycles. The van der Waals surface area contributed by atoms with Gasteiger partial charge in [0, 0.05) is 18.8 Å². The van der Waals surface area contributed by atoms with Gasteiger partial charge in [0.1, 0.15) is 5.69 Å². The van der Waals surface area contributed by atoms with Crippen LogP contribution in [0.15, 0.2) is 24.3 Å². The Labute approximate surface area is 117 Å². The van der Waals surface area contributed by atoms with E-state index < -0.39 is 0 Å². The summed E-state index contributed by atoms with van der Waals surface area (Å²) in [5, 5.41) is 12.1. The fourth-order valence-corrected chi connectivity index (χ4v) is 2.86. The molecule has 5 nitrogen and oxygen atoms in total. The van der Waals surface area contributed by atoms with Gasteiger partial charge in [-0.2, -0.15) is 0 Å². The Balaban J connectivity index is 2.18. The van der Waals surface area contributed by atoms with E-state index in [0.29, 0.717) is 10.9 Å². The average Bonchev–Trinajstić information content (AvgIpc) is 2.46. The van der Waals surface area contributed by atoms with Gasteiger partial charge in [-0.15, -0.1) is 0 Å². The molecule has 0 bridgehead atoms. The summed E-state index contributed by atoms with van der Waals surface area (Å²) in [6.07, 6.45) is 3.40. The number of hydrogen-bond acceptors (Lipinski definition) is 4. The van der Waals surface area contributed by atoms with E-state index in [1.54, 1.807) is 0 Å². The summed E-state index contributed by atoms with van der Waals surface area (Å²) in [4.78, 5) is 17.7. The van der Waals surface area contributed by atoms with Crippen LogP contribution in [0.3, 0.4) is 0 Å². The standard InChI is InChI=1S/C15H17N3O2/c1-11-5-6-12-13(16-11)7-8-14(15(12)18(19)20)17-9-3-2-4-10-17/h5-8H,2-4,9-10H2,1H3. The van der Waals surface area contributed by atoms with Crippen molar-refractivity contribution in [3.63, 3.8) is 0 Å². The minimum absolute atomic E-state index is 0.192. The number of aryl methyl sites for hydroxylation is 1. The molecule has 0 amide bonds. The van der Waals surface area contributed by atoms with E-state index >= 15 is 0 Å². The molecule has 104 valence electrons. The molecule has 1 aliphatic heterocycles. The monoisotopic (exact) mass is 271 g/mol.